The maximum atomic E-state index is 12.8. The number of carboxylic acid groups (broad SMARTS) is 1. The van der Waals surface area contributed by atoms with Gasteiger partial charge in [-0.15, -0.1) is 0 Å². The minimum Gasteiger partial charge on any atom is -0.481 e. The van der Waals surface area contributed by atoms with E-state index in [9.17, 15) is 9.18 Å². The molecule has 0 aliphatic heterocycles. The van der Waals surface area contributed by atoms with E-state index in [1.165, 1.54) is 6.20 Å². The number of nitrogens with zero attached hydrogens (tertiary/aromatic N) is 1. The number of halogens is 2. The molecule has 0 aliphatic carbocycles. The van der Waals surface area contributed by atoms with Crippen LogP contribution in [0.5, 0.6) is 0 Å². The third-order valence-corrected chi connectivity index (χ3v) is 1.99. The van der Waals surface area contributed by atoms with E-state index < -0.39 is 11.8 Å². The van der Waals surface area contributed by atoms with Gasteiger partial charge in [-0.2, -0.15) is 0 Å². The molecular formula is C7H5FINO2. The van der Waals surface area contributed by atoms with Crippen LogP contribution in [0.2, 0.25) is 0 Å². The van der Waals surface area contributed by atoms with Gasteiger partial charge in [0.2, 0.25) is 0 Å². The fourth-order valence-electron chi connectivity index (χ4n) is 0.705. The van der Waals surface area contributed by atoms with Crippen LogP contribution in [0, 0.1) is 9.39 Å². The van der Waals surface area contributed by atoms with E-state index in [0.717, 1.165) is 6.07 Å². The summed E-state index contributed by atoms with van der Waals surface area (Å²) in [6, 6.07) is 1.13. The first-order valence-corrected chi connectivity index (χ1v) is 4.19. The van der Waals surface area contributed by atoms with Crippen molar-refractivity contribution in [1.29, 1.82) is 0 Å². The number of hydrogen-bond acceptors (Lipinski definition) is 2. The molecule has 0 saturated heterocycles. The summed E-state index contributed by atoms with van der Waals surface area (Å²) in [5, 5.41) is 8.36. The zero-order valence-corrected chi connectivity index (χ0v) is 8.08. The maximum Gasteiger partial charge on any atom is 0.309 e. The van der Waals surface area contributed by atoms with E-state index in [2.05, 4.69) is 4.98 Å². The third-order valence-electron chi connectivity index (χ3n) is 1.20. The fourth-order valence-corrected chi connectivity index (χ4v) is 1.00. The van der Waals surface area contributed by atoms with Gasteiger partial charge in [-0.1, -0.05) is 0 Å². The zero-order chi connectivity index (χ0) is 9.14. The molecule has 1 heterocycles. The van der Waals surface area contributed by atoms with E-state index >= 15 is 0 Å². The molecule has 0 radical (unpaired) electrons. The van der Waals surface area contributed by atoms with Crippen LogP contribution in [0.4, 0.5) is 4.39 Å². The summed E-state index contributed by atoms with van der Waals surface area (Å²) >= 11 is 1.79. The van der Waals surface area contributed by atoms with Crippen LogP contribution in [0.15, 0.2) is 12.3 Å². The van der Waals surface area contributed by atoms with Gasteiger partial charge in [0.1, 0.15) is 5.82 Å². The fraction of sp³-hybridized carbons (Fsp3) is 0.143. The molecule has 0 atom stereocenters. The molecular weight excluding hydrogens is 276 g/mol. The highest BCUT2D eigenvalue weighted by molar-refractivity contribution is 14.1. The highest BCUT2D eigenvalue weighted by Crippen LogP contribution is 2.10. The minimum absolute atomic E-state index is 0.236. The van der Waals surface area contributed by atoms with Gasteiger partial charge in [0.05, 0.1) is 15.7 Å². The van der Waals surface area contributed by atoms with Gasteiger partial charge < -0.3 is 5.11 Å². The Hall–Kier alpha value is -0.720. The van der Waals surface area contributed by atoms with E-state index in [4.69, 9.17) is 5.11 Å². The van der Waals surface area contributed by atoms with Crippen molar-refractivity contribution < 1.29 is 14.3 Å². The number of pyridine rings is 1. The van der Waals surface area contributed by atoms with Crippen LogP contribution in [0.3, 0.4) is 0 Å². The number of carbonyl (C=O) groups is 1. The Morgan fingerprint density at radius 3 is 2.92 bits per heavy atom. The molecule has 0 spiro atoms. The predicted octanol–water partition coefficient (Wildman–Crippen LogP) is 1.45. The molecule has 0 bridgehead atoms. The van der Waals surface area contributed by atoms with Gasteiger partial charge in [0.15, 0.2) is 0 Å². The van der Waals surface area contributed by atoms with Crippen LogP contribution < -0.4 is 0 Å². The Labute approximate surface area is 81.8 Å². The maximum absolute atomic E-state index is 12.8. The lowest BCUT2D eigenvalue weighted by molar-refractivity contribution is -0.136. The lowest BCUT2D eigenvalue weighted by Crippen LogP contribution is -2.03. The average molecular weight is 281 g/mol. The Morgan fingerprint density at radius 2 is 2.42 bits per heavy atom. The Balaban J connectivity index is 2.89. The first-order valence-electron chi connectivity index (χ1n) is 3.11. The Morgan fingerprint density at radius 1 is 1.75 bits per heavy atom. The molecule has 0 fully saturated rings. The van der Waals surface area contributed by atoms with Crippen LogP contribution in [-0.4, -0.2) is 16.1 Å². The summed E-state index contributed by atoms with van der Waals surface area (Å²) in [5.41, 5.74) is 0.236. The first-order chi connectivity index (χ1) is 5.59. The molecule has 0 saturated carbocycles. The second-order valence-corrected chi connectivity index (χ2v) is 3.32. The number of aliphatic carboxylic acids is 1. The van der Waals surface area contributed by atoms with Gasteiger partial charge in [0, 0.05) is 6.20 Å². The Bertz CT molecular complexity index is 316. The second kappa shape index (κ2) is 3.79. The molecule has 5 heteroatoms. The molecule has 64 valence electrons. The largest absolute Gasteiger partial charge is 0.481 e. The van der Waals surface area contributed by atoms with E-state index in [0.29, 0.717) is 3.57 Å². The quantitative estimate of drug-likeness (QED) is 0.835. The molecule has 0 amide bonds. The van der Waals surface area contributed by atoms with Gasteiger partial charge in [-0.25, -0.2) is 4.39 Å². The molecule has 12 heavy (non-hydrogen) atoms. The van der Waals surface area contributed by atoms with Gasteiger partial charge in [-0.3, -0.25) is 9.78 Å². The van der Waals surface area contributed by atoms with Crippen molar-refractivity contribution in [1.82, 2.24) is 4.98 Å². The summed E-state index contributed by atoms with van der Waals surface area (Å²) in [5.74, 6) is -1.44. The van der Waals surface area contributed by atoms with Crippen molar-refractivity contribution in [2.75, 3.05) is 0 Å². The summed E-state index contributed by atoms with van der Waals surface area (Å²) in [6.45, 7) is 0. The highest BCUT2D eigenvalue weighted by Gasteiger charge is 2.05. The summed E-state index contributed by atoms with van der Waals surface area (Å²) in [4.78, 5) is 14.0. The zero-order valence-electron chi connectivity index (χ0n) is 5.92. The number of rotatable bonds is 2. The molecule has 1 rings (SSSR count). The molecule has 1 aromatic rings. The lowest BCUT2D eigenvalue weighted by Gasteiger charge is -1.97. The first kappa shape index (κ1) is 9.37. The van der Waals surface area contributed by atoms with Gasteiger partial charge in [-0.05, 0) is 28.7 Å². The third kappa shape index (κ3) is 2.40. The SMILES string of the molecule is O=C(O)Cc1cc(F)c(I)cn1. The number of aromatic nitrogens is 1. The van der Waals surface area contributed by atoms with Crippen LogP contribution in [-0.2, 0) is 11.2 Å². The monoisotopic (exact) mass is 281 g/mol. The second-order valence-electron chi connectivity index (χ2n) is 2.16. The highest BCUT2D eigenvalue weighted by atomic mass is 127. The average Bonchev–Trinajstić information content (AvgIpc) is 1.96. The molecule has 0 aromatic carbocycles. The minimum atomic E-state index is -1.01. The summed E-state index contributed by atoms with van der Waals surface area (Å²) < 4.78 is 13.2. The van der Waals surface area contributed by atoms with E-state index in [1.807, 2.05) is 0 Å². The topological polar surface area (TPSA) is 50.2 Å². The molecule has 0 unspecified atom stereocenters. The molecule has 1 N–H and O–H groups in total. The van der Waals surface area contributed by atoms with Crippen molar-refractivity contribution in [3.63, 3.8) is 0 Å². The van der Waals surface area contributed by atoms with Crippen LogP contribution in [0.1, 0.15) is 5.69 Å². The number of carboxylic acids is 1. The number of hydrogen-bond donors (Lipinski definition) is 1. The molecule has 0 aliphatic rings. The van der Waals surface area contributed by atoms with Crippen molar-refractivity contribution in [2.24, 2.45) is 0 Å². The predicted molar refractivity (Wildman–Crippen MR) is 48.3 cm³/mol. The van der Waals surface area contributed by atoms with Crippen LogP contribution >= 0.6 is 22.6 Å². The molecule has 1 aromatic heterocycles. The van der Waals surface area contributed by atoms with Gasteiger partial charge >= 0.3 is 5.97 Å². The van der Waals surface area contributed by atoms with Crippen molar-refractivity contribution in [3.05, 3.63) is 27.3 Å². The van der Waals surface area contributed by atoms with Crippen molar-refractivity contribution in [2.45, 2.75) is 6.42 Å². The smallest absolute Gasteiger partial charge is 0.309 e. The Kier molecular flexibility index (Phi) is 2.96. The van der Waals surface area contributed by atoms with E-state index in [-0.39, 0.29) is 12.1 Å². The van der Waals surface area contributed by atoms with Gasteiger partial charge in [0.25, 0.3) is 0 Å². The van der Waals surface area contributed by atoms with Crippen molar-refractivity contribution in [3.8, 4) is 0 Å². The summed E-state index contributed by atoms with van der Waals surface area (Å²) in [7, 11) is 0. The summed E-state index contributed by atoms with van der Waals surface area (Å²) in [6.07, 6.45) is 1.07. The lowest BCUT2D eigenvalue weighted by atomic mass is 10.3. The normalized spacial score (nSPS) is 9.83. The van der Waals surface area contributed by atoms with Crippen LogP contribution in [0.25, 0.3) is 0 Å². The van der Waals surface area contributed by atoms with E-state index in [1.54, 1.807) is 22.6 Å². The molecule has 3 nitrogen and oxygen atoms in total. The van der Waals surface area contributed by atoms with Crippen molar-refractivity contribution >= 4 is 28.6 Å². The standard InChI is InChI=1S/C7H5FINO2/c8-5-1-4(2-7(11)12)10-3-6(5)9/h1,3H,2H2,(H,11,12).